The van der Waals surface area contributed by atoms with Crippen molar-refractivity contribution in [2.45, 2.75) is 27.7 Å². The van der Waals surface area contributed by atoms with Crippen molar-refractivity contribution in [1.29, 1.82) is 5.26 Å². The number of ether oxygens (including phenoxy) is 1. The Morgan fingerprint density at radius 2 is 1.76 bits per heavy atom. The second-order valence-electron chi connectivity index (χ2n) is 5.27. The molecule has 2 heterocycles. The van der Waals surface area contributed by atoms with Crippen LogP contribution < -0.4 is 0 Å². The zero-order valence-electron chi connectivity index (χ0n) is 12.7. The van der Waals surface area contributed by atoms with Crippen molar-refractivity contribution < 1.29 is 14.3 Å². The normalized spacial score (nSPS) is 16.9. The van der Waals surface area contributed by atoms with Crippen LogP contribution in [0.3, 0.4) is 0 Å². The number of carbonyl (C=O) groups is 2. The Labute approximate surface area is 123 Å². The number of aromatic nitrogens is 1. The minimum absolute atomic E-state index is 0.252. The van der Waals surface area contributed by atoms with Crippen molar-refractivity contribution in [3.05, 3.63) is 39.7 Å². The fourth-order valence-electron chi connectivity index (χ4n) is 2.47. The minimum Gasteiger partial charge on any atom is -0.386 e. The maximum Gasteiger partial charge on any atom is 0.347 e. The van der Waals surface area contributed by atoms with Crippen LogP contribution >= 0.6 is 0 Å². The van der Waals surface area contributed by atoms with Gasteiger partial charge in [-0.05, 0) is 39.3 Å². The Morgan fingerprint density at radius 1 is 1.19 bits per heavy atom. The molecule has 1 aliphatic rings. The maximum atomic E-state index is 12.0. The van der Waals surface area contributed by atoms with Gasteiger partial charge in [0.1, 0.15) is 11.8 Å². The van der Waals surface area contributed by atoms with Gasteiger partial charge in [-0.25, -0.2) is 9.59 Å². The van der Waals surface area contributed by atoms with Crippen LogP contribution in [0.2, 0.25) is 0 Å². The van der Waals surface area contributed by atoms with E-state index in [1.54, 1.807) is 32.4 Å². The first-order valence-corrected chi connectivity index (χ1v) is 6.51. The molecule has 2 rings (SSSR count). The van der Waals surface area contributed by atoms with E-state index in [4.69, 9.17) is 4.74 Å². The molecule has 0 aliphatic carbocycles. The monoisotopic (exact) mass is 284 g/mol. The number of cyclic esters (lactones) is 2. The van der Waals surface area contributed by atoms with E-state index < -0.39 is 11.9 Å². The van der Waals surface area contributed by atoms with Gasteiger partial charge < -0.3 is 9.30 Å². The lowest BCUT2D eigenvalue weighted by Crippen LogP contribution is -2.01. The summed E-state index contributed by atoms with van der Waals surface area (Å²) in [4.78, 5) is 23.8. The molecule has 1 fully saturated rings. The van der Waals surface area contributed by atoms with Crippen molar-refractivity contribution in [2.75, 3.05) is 0 Å². The molecule has 0 bridgehead atoms. The number of nitriles is 1. The number of esters is 2. The quantitative estimate of drug-likeness (QED) is 0.451. The van der Waals surface area contributed by atoms with Crippen molar-refractivity contribution >= 4 is 17.5 Å². The molecule has 1 aromatic rings. The first kappa shape index (κ1) is 14.8. The first-order valence-electron chi connectivity index (χ1n) is 6.51. The van der Waals surface area contributed by atoms with Gasteiger partial charge in [-0.2, -0.15) is 5.26 Å². The molecule has 5 heteroatoms. The van der Waals surface area contributed by atoms with Gasteiger partial charge in [-0.1, -0.05) is 5.57 Å². The summed E-state index contributed by atoms with van der Waals surface area (Å²) in [6, 6.07) is 3.97. The molecule has 0 unspecified atom stereocenters. The number of hydrogen-bond donors (Lipinski definition) is 0. The zero-order chi connectivity index (χ0) is 15.9. The second kappa shape index (κ2) is 5.06. The molecule has 1 aliphatic heterocycles. The van der Waals surface area contributed by atoms with E-state index in [2.05, 4.69) is 6.07 Å². The number of aryl methyl sites for hydroxylation is 1. The summed E-state index contributed by atoms with van der Waals surface area (Å²) in [7, 11) is 1.79. The third-order valence-electron chi connectivity index (χ3n) is 3.70. The summed E-state index contributed by atoms with van der Waals surface area (Å²) in [5.74, 6) is -1.28. The fourth-order valence-corrected chi connectivity index (χ4v) is 2.47. The zero-order valence-corrected chi connectivity index (χ0v) is 12.7. The van der Waals surface area contributed by atoms with Crippen LogP contribution in [-0.4, -0.2) is 16.5 Å². The van der Waals surface area contributed by atoms with Crippen molar-refractivity contribution in [3.8, 4) is 6.07 Å². The molecular weight excluding hydrogens is 268 g/mol. The molecule has 1 saturated heterocycles. The summed E-state index contributed by atoms with van der Waals surface area (Å²) >= 11 is 0. The van der Waals surface area contributed by atoms with Crippen LogP contribution in [0.5, 0.6) is 0 Å². The lowest BCUT2D eigenvalue weighted by Gasteiger charge is -2.05. The standard InChI is InChI=1S/C16H16N2O3/c1-8(2)13-14(16(20)21-15(13)19)10(4)11-6-9(3)18(5)12(11)7-17/h6H,1-5H3. The molecule has 0 N–H and O–H groups in total. The number of carbonyl (C=O) groups excluding carboxylic acids is 2. The van der Waals surface area contributed by atoms with Gasteiger partial charge in [0, 0.05) is 18.3 Å². The average molecular weight is 284 g/mol. The number of nitrogens with zero attached hydrogens (tertiary/aromatic N) is 2. The summed E-state index contributed by atoms with van der Waals surface area (Å²) in [5.41, 5.74) is 3.85. The van der Waals surface area contributed by atoms with Gasteiger partial charge >= 0.3 is 11.9 Å². The van der Waals surface area contributed by atoms with Gasteiger partial charge in [-0.15, -0.1) is 0 Å². The summed E-state index contributed by atoms with van der Waals surface area (Å²) in [6.45, 7) is 7.11. The molecule has 5 nitrogen and oxygen atoms in total. The predicted octanol–water partition coefficient (Wildman–Crippen LogP) is 2.40. The lowest BCUT2D eigenvalue weighted by molar-refractivity contribution is -0.149. The molecule has 0 saturated carbocycles. The van der Waals surface area contributed by atoms with Crippen LogP contribution in [0.1, 0.15) is 37.7 Å². The Balaban J connectivity index is 2.78. The second-order valence-corrected chi connectivity index (χ2v) is 5.27. The summed E-state index contributed by atoms with van der Waals surface area (Å²) < 4.78 is 6.47. The minimum atomic E-state index is -0.654. The molecule has 0 atom stereocenters. The average Bonchev–Trinajstić information content (AvgIpc) is 2.86. The van der Waals surface area contributed by atoms with Crippen LogP contribution in [0.25, 0.3) is 5.57 Å². The number of rotatable bonds is 1. The summed E-state index contributed by atoms with van der Waals surface area (Å²) in [6.07, 6.45) is 0. The largest absolute Gasteiger partial charge is 0.386 e. The van der Waals surface area contributed by atoms with Crippen molar-refractivity contribution in [1.82, 2.24) is 4.57 Å². The van der Waals surface area contributed by atoms with E-state index >= 15 is 0 Å². The highest BCUT2D eigenvalue weighted by molar-refractivity contribution is 6.22. The van der Waals surface area contributed by atoms with Crippen molar-refractivity contribution in [2.24, 2.45) is 7.05 Å². The van der Waals surface area contributed by atoms with E-state index in [-0.39, 0.29) is 5.57 Å². The topological polar surface area (TPSA) is 72.1 Å². The van der Waals surface area contributed by atoms with Gasteiger partial charge in [0.25, 0.3) is 0 Å². The Kier molecular flexibility index (Phi) is 3.56. The number of allylic oxidation sites excluding steroid dienone is 2. The molecule has 0 spiro atoms. The smallest absolute Gasteiger partial charge is 0.347 e. The molecule has 21 heavy (non-hydrogen) atoms. The Hall–Kier alpha value is -2.61. The highest BCUT2D eigenvalue weighted by Crippen LogP contribution is 2.34. The van der Waals surface area contributed by atoms with E-state index in [0.717, 1.165) is 5.69 Å². The molecule has 0 radical (unpaired) electrons. The fraction of sp³-hybridized carbons (Fsp3) is 0.312. The van der Waals surface area contributed by atoms with Crippen LogP contribution in [-0.2, 0) is 21.4 Å². The molecular formula is C16H16N2O3. The highest BCUT2D eigenvalue weighted by atomic mass is 16.6. The van der Waals surface area contributed by atoms with Gasteiger partial charge in [0.2, 0.25) is 0 Å². The van der Waals surface area contributed by atoms with Gasteiger partial charge in [0.15, 0.2) is 0 Å². The van der Waals surface area contributed by atoms with Crippen molar-refractivity contribution in [3.63, 3.8) is 0 Å². The molecule has 0 amide bonds. The first-order chi connectivity index (χ1) is 9.79. The molecule has 108 valence electrons. The summed E-state index contributed by atoms with van der Waals surface area (Å²) in [5, 5.41) is 9.31. The number of hydrogen-bond acceptors (Lipinski definition) is 4. The van der Waals surface area contributed by atoms with E-state index in [9.17, 15) is 14.9 Å². The lowest BCUT2D eigenvalue weighted by atomic mass is 9.95. The van der Waals surface area contributed by atoms with Gasteiger partial charge in [0.05, 0.1) is 11.1 Å². The third-order valence-corrected chi connectivity index (χ3v) is 3.70. The SMILES string of the molecule is CC(C)=C1C(=O)OC(=O)C1=C(C)c1cc(C)n(C)c1C#N. The highest BCUT2D eigenvalue weighted by Gasteiger charge is 2.36. The predicted molar refractivity (Wildman–Crippen MR) is 76.9 cm³/mol. The van der Waals surface area contributed by atoms with Crippen LogP contribution in [0.4, 0.5) is 0 Å². The van der Waals surface area contributed by atoms with E-state index in [0.29, 0.717) is 28.0 Å². The van der Waals surface area contributed by atoms with E-state index in [1.165, 1.54) is 0 Å². The maximum absolute atomic E-state index is 12.0. The van der Waals surface area contributed by atoms with E-state index in [1.807, 2.05) is 13.0 Å². The van der Waals surface area contributed by atoms with Crippen LogP contribution in [0.15, 0.2) is 22.8 Å². The van der Waals surface area contributed by atoms with Crippen LogP contribution in [0, 0.1) is 18.3 Å². The Morgan fingerprint density at radius 3 is 2.29 bits per heavy atom. The van der Waals surface area contributed by atoms with Gasteiger partial charge in [-0.3, -0.25) is 0 Å². The third kappa shape index (κ3) is 2.19. The Bertz CT molecular complexity index is 766. The molecule has 1 aromatic heterocycles. The molecule has 0 aromatic carbocycles.